The van der Waals surface area contributed by atoms with Gasteiger partial charge in [0.15, 0.2) is 0 Å². The standard InChI is InChI=1S/C16H28N4O7S/c1-8(2)5-10(18-12(21)6-17)15(25)19-9(3-4-13(22)23)14(24)20-11(7-28)16(26)27/h8-11,28H,3-7,17H2,1-2H3,(H,18,21)(H,19,25)(H,20,24)(H,22,23)(H,26,27). The second-order valence-corrected chi connectivity index (χ2v) is 6.89. The number of carbonyl (C=O) groups excluding carboxylic acids is 3. The number of carbonyl (C=O) groups is 5. The molecule has 0 aromatic rings. The first-order valence-electron chi connectivity index (χ1n) is 8.67. The first-order chi connectivity index (χ1) is 13.0. The molecule has 0 aromatic carbocycles. The van der Waals surface area contributed by atoms with Crippen molar-refractivity contribution in [2.24, 2.45) is 11.7 Å². The molecule has 0 aromatic heterocycles. The average Bonchev–Trinajstić information content (AvgIpc) is 2.60. The zero-order valence-electron chi connectivity index (χ0n) is 15.8. The summed E-state index contributed by atoms with van der Waals surface area (Å²) >= 11 is 3.83. The molecule has 0 saturated carbocycles. The van der Waals surface area contributed by atoms with Gasteiger partial charge in [-0.15, -0.1) is 0 Å². The van der Waals surface area contributed by atoms with Crippen molar-refractivity contribution in [2.75, 3.05) is 12.3 Å². The van der Waals surface area contributed by atoms with E-state index < -0.39 is 54.2 Å². The van der Waals surface area contributed by atoms with Crippen LogP contribution in [0.2, 0.25) is 0 Å². The fourth-order valence-corrected chi connectivity index (χ4v) is 2.47. The van der Waals surface area contributed by atoms with Gasteiger partial charge in [0.05, 0.1) is 6.54 Å². The second kappa shape index (κ2) is 12.9. The lowest BCUT2D eigenvalue weighted by atomic mass is 10.0. The number of nitrogens with two attached hydrogens (primary N) is 1. The van der Waals surface area contributed by atoms with Gasteiger partial charge < -0.3 is 31.9 Å². The number of amides is 3. The van der Waals surface area contributed by atoms with E-state index in [4.69, 9.17) is 15.9 Å². The zero-order chi connectivity index (χ0) is 21.9. The summed E-state index contributed by atoms with van der Waals surface area (Å²) in [5.74, 6) is -4.79. The molecule has 28 heavy (non-hydrogen) atoms. The molecule has 0 spiro atoms. The molecule has 0 fully saturated rings. The highest BCUT2D eigenvalue weighted by molar-refractivity contribution is 7.80. The molecule has 0 aliphatic carbocycles. The minimum Gasteiger partial charge on any atom is -0.481 e. The summed E-state index contributed by atoms with van der Waals surface area (Å²) in [6.07, 6.45) is -0.425. The van der Waals surface area contributed by atoms with E-state index in [9.17, 15) is 24.0 Å². The van der Waals surface area contributed by atoms with Gasteiger partial charge in [0.2, 0.25) is 17.7 Å². The summed E-state index contributed by atoms with van der Waals surface area (Å²) in [5, 5.41) is 24.9. The van der Waals surface area contributed by atoms with Gasteiger partial charge >= 0.3 is 11.9 Å². The Labute approximate surface area is 168 Å². The topological polar surface area (TPSA) is 188 Å². The van der Waals surface area contributed by atoms with Crippen molar-refractivity contribution < 1.29 is 34.2 Å². The number of carboxylic acid groups (broad SMARTS) is 2. The molecule has 160 valence electrons. The Morgan fingerprint density at radius 1 is 0.929 bits per heavy atom. The highest BCUT2D eigenvalue weighted by atomic mass is 32.1. The first kappa shape index (κ1) is 25.7. The predicted molar refractivity (Wildman–Crippen MR) is 103 cm³/mol. The van der Waals surface area contributed by atoms with E-state index in [1.165, 1.54) is 0 Å². The van der Waals surface area contributed by atoms with Crippen molar-refractivity contribution in [3.05, 3.63) is 0 Å². The quantitative estimate of drug-likeness (QED) is 0.172. The van der Waals surface area contributed by atoms with Crippen LogP contribution >= 0.6 is 12.6 Å². The number of aliphatic carboxylic acids is 2. The molecule has 3 unspecified atom stereocenters. The van der Waals surface area contributed by atoms with Crippen molar-refractivity contribution >= 4 is 42.3 Å². The summed E-state index contributed by atoms with van der Waals surface area (Å²) < 4.78 is 0. The van der Waals surface area contributed by atoms with E-state index in [1.54, 1.807) is 0 Å². The normalized spacial score (nSPS) is 13.9. The van der Waals surface area contributed by atoms with Gasteiger partial charge in [-0.3, -0.25) is 19.2 Å². The number of thiol groups is 1. The van der Waals surface area contributed by atoms with Gasteiger partial charge in [-0.1, -0.05) is 13.8 Å². The van der Waals surface area contributed by atoms with Gasteiger partial charge in [0.25, 0.3) is 0 Å². The van der Waals surface area contributed by atoms with Gasteiger partial charge in [0.1, 0.15) is 18.1 Å². The highest BCUT2D eigenvalue weighted by Gasteiger charge is 2.29. The van der Waals surface area contributed by atoms with E-state index in [-0.39, 0.29) is 31.1 Å². The summed E-state index contributed by atoms with van der Waals surface area (Å²) in [7, 11) is 0. The van der Waals surface area contributed by atoms with Crippen molar-refractivity contribution in [3.8, 4) is 0 Å². The van der Waals surface area contributed by atoms with Crippen molar-refractivity contribution in [3.63, 3.8) is 0 Å². The molecular formula is C16H28N4O7S. The fraction of sp³-hybridized carbons (Fsp3) is 0.688. The molecule has 11 nitrogen and oxygen atoms in total. The lowest BCUT2D eigenvalue weighted by Crippen LogP contribution is -2.56. The molecular weight excluding hydrogens is 392 g/mol. The molecule has 0 aliphatic rings. The van der Waals surface area contributed by atoms with Crippen LogP contribution in [0.1, 0.15) is 33.1 Å². The molecule has 0 aliphatic heterocycles. The number of hydrogen-bond donors (Lipinski definition) is 7. The maximum Gasteiger partial charge on any atom is 0.327 e. The molecule has 3 amide bonds. The van der Waals surface area contributed by atoms with Crippen molar-refractivity contribution in [1.29, 1.82) is 0 Å². The maximum atomic E-state index is 12.6. The van der Waals surface area contributed by atoms with Crippen molar-refractivity contribution in [1.82, 2.24) is 16.0 Å². The lowest BCUT2D eigenvalue weighted by molar-refractivity contribution is -0.142. The third-order valence-electron chi connectivity index (χ3n) is 3.62. The van der Waals surface area contributed by atoms with E-state index in [2.05, 4.69) is 28.6 Å². The van der Waals surface area contributed by atoms with Crippen LogP contribution in [0, 0.1) is 5.92 Å². The molecule has 0 saturated heterocycles. The Morgan fingerprint density at radius 3 is 1.89 bits per heavy atom. The van der Waals surface area contributed by atoms with Crippen LogP contribution in [0.4, 0.5) is 0 Å². The minimum atomic E-state index is -1.32. The minimum absolute atomic E-state index is 0.0284. The number of hydrogen-bond acceptors (Lipinski definition) is 7. The number of carboxylic acids is 2. The molecule has 0 heterocycles. The molecule has 12 heteroatoms. The Bertz CT molecular complexity index is 585. The van der Waals surface area contributed by atoms with Crippen LogP contribution < -0.4 is 21.7 Å². The Hall–Kier alpha value is -2.34. The first-order valence-corrected chi connectivity index (χ1v) is 9.30. The second-order valence-electron chi connectivity index (χ2n) is 6.53. The van der Waals surface area contributed by atoms with Crippen LogP contribution in [0.3, 0.4) is 0 Å². The summed E-state index contributed by atoms with van der Waals surface area (Å²) in [6.45, 7) is 3.33. The summed E-state index contributed by atoms with van der Waals surface area (Å²) in [4.78, 5) is 58.4. The molecule has 0 radical (unpaired) electrons. The van der Waals surface area contributed by atoms with Gasteiger partial charge in [-0.05, 0) is 18.8 Å². The molecule has 0 rings (SSSR count). The Balaban J connectivity index is 5.32. The Morgan fingerprint density at radius 2 is 1.46 bits per heavy atom. The largest absolute Gasteiger partial charge is 0.481 e. The van der Waals surface area contributed by atoms with Crippen molar-refractivity contribution in [2.45, 2.75) is 51.2 Å². The van der Waals surface area contributed by atoms with E-state index in [1.807, 2.05) is 13.8 Å². The van der Waals surface area contributed by atoms with Gasteiger partial charge in [0, 0.05) is 12.2 Å². The maximum absolute atomic E-state index is 12.6. The van der Waals surface area contributed by atoms with Gasteiger partial charge in [-0.25, -0.2) is 4.79 Å². The van der Waals surface area contributed by atoms with Gasteiger partial charge in [-0.2, -0.15) is 12.6 Å². The SMILES string of the molecule is CC(C)CC(NC(=O)CN)C(=O)NC(CCC(=O)O)C(=O)NC(CS)C(=O)O. The fourth-order valence-electron chi connectivity index (χ4n) is 2.22. The zero-order valence-corrected chi connectivity index (χ0v) is 16.7. The number of rotatable bonds is 13. The van der Waals surface area contributed by atoms with Crippen LogP contribution in [0.25, 0.3) is 0 Å². The molecule has 7 N–H and O–H groups in total. The lowest BCUT2D eigenvalue weighted by Gasteiger charge is -2.24. The van der Waals surface area contributed by atoms with E-state index in [0.29, 0.717) is 0 Å². The van der Waals surface area contributed by atoms with Crippen LogP contribution in [0.15, 0.2) is 0 Å². The van der Waals surface area contributed by atoms with Crippen LogP contribution in [-0.2, 0) is 24.0 Å². The highest BCUT2D eigenvalue weighted by Crippen LogP contribution is 2.07. The third kappa shape index (κ3) is 10.1. The van der Waals surface area contributed by atoms with E-state index in [0.717, 1.165) is 0 Å². The molecule has 3 atom stereocenters. The van der Waals surface area contributed by atoms with Crippen LogP contribution in [-0.4, -0.2) is 70.3 Å². The average molecular weight is 420 g/mol. The van der Waals surface area contributed by atoms with Crippen LogP contribution in [0.5, 0.6) is 0 Å². The summed E-state index contributed by atoms with van der Waals surface area (Å²) in [6, 6.07) is -3.57. The monoisotopic (exact) mass is 420 g/mol. The molecule has 0 bridgehead atoms. The van der Waals surface area contributed by atoms with E-state index >= 15 is 0 Å². The smallest absolute Gasteiger partial charge is 0.327 e. The number of nitrogens with one attached hydrogen (secondary N) is 3. The third-order valence-corrected chi connectivity index (χ3v) is 3.99. The predicted octanol–water partition coefficient (Wildman–Crippen LogP) is -1.68. The summed E-state index contributed by atoms with van der Waals surface area (Å²) in [5.41, 5.74) is 5.24. The Kier molecular flexibility index (Phi) is 11.9.